The van der Waals surface area contributed by atoms with Gasteiger partial charge in [-0.15, -0.1) is 0 Å². The number of anilines is 1. The van der Waals surface area contributed by atoms with Crippen LogP contribution in [0.15, 0.2) is 60.9 Å². The zero-order valence-corrected chi connectivity index (χ0v) is 21.1. The molecule has 2 aromatic carbocycles. The molecule has 0 aliphatic carbocycles. The van der Waals surface area contributed by atoms with Crippen LogP contribution in [0.3, 0.4) is 0 Å². The molecule has 0 unspecified atom stereocenters. The van der Waals surface area contributed by atoms with Gasteiger partial charge in [-0.05, 0) is 41.5 Å². The summed E-state index contributed by atoms with van der Waals surface area (Å²) in [6.45, 7) is 11.9. The van der Waals surface area contributed by atoms with Crippen LogP contribution in [0, 0.1) is 12.5 Å². The Kier molecular flexibility index (Phi) is 6.16. The summed E-state index contributed by atoms with van der Waals surface area (Å²) < 4.78 is 0. The number of carbonyl (C=O) groups excluding carboxylic acids is 3. The maximum atomic E-state index is 14.1. The van der Waals surface area contributed by atoms with Crippen molar-refractivity contribution in [1.29, 1.82) is 0 Å². The number of fused-ring (bicyclic) bond motifs is 3. The van der Waals surface area contributed by atoms with Crippen LogP contribution in [-0.2, 0) is 15.0 Å². The second-order valence-corrected chi connectivity index (χ2v) is 10.3. The summed E-state index contributed by atoms with van der Waals surface area (Å²) in [6.07, 6.45) is 3.21. The SMILES string of the molecule is [C-]#[N+][C@@H]1C[C@@]2(CN1C(=O)[C@H](CC(C)C)N(C)C(=O)c1cccc3ccncc13)C(=O)Nc1ccccc12. The first-order valence-electron chi connectivity index (χ1n) is 12.4. The number of hydrogen-bond donors (Lipinski definition) is 1. The average molecular weight is 496 g/mol. The number of likely N-dealkylation sites (N-methyl/N-ethyl adjacent to an activating group) is 1. The van der Waals surface area contributed by atoms with Crippen molar-refractivity contribution in [2.45, 2.75) is 44.3 Å². The number of benzene rings is 2. The number of aromatic nitrogens is 1. The highest BCUT2D eigenvalue weighted by atomic mass is 16.2. The van der Waals surface area contributed by atoms with E-state index in [4.69, 9.17) is 6.57 Å². The first-order chi connectivity index (χ1) is 17.8. The van der Waals surface area contributed by atoms with Crippen molar-refractivity contribution in [3.8, 4) is 0 Å². The first kappa shape index (κ1) is 24.4. The van der Waals surface area contributed by atoms with Crippen LogP contribution in [0.2, 0.25) is 0 Å². The van der Waals surface area contributed by atoms with Crippen LogP contribution in [0.1, 0.15) is 42.6 Å². The molecule has 8 heteroatoms. The van der Waals surface area contributed by atoms with Crippen LogP contribution in [-0.4, -0.2) is 58.3 Å². The number of carbonyl (C=O) groups is 3. The van der Waals surface area contributed by atoms with Crippen LogP contribution >= 0.6 is 0 Å². The van der Waals surface area contributed by atoms with E-state index in [1.54, 1.807) is 25.5 Å². The van der Waals surface area contributed by atoms with Crippen molar-refractivity contribution in [3.63, 3.8) is 0 Å². The molecular weight excluding hydrogens is 466 g/mol. The standard InChI is InChI=1S/C29H29N5O3/c1-18(2)14-24(33(4)26(35)20-9-7-8-19-12-13-31-16-21(19)20)27(36)34-17-29(15-25(34)30-3)22-10-5-6-11-23(22)32-28(29)37/h5-13,16,18,24-25H,14-15,17H2,1-2,4H3,(H,32,37)/t24-,25-,29-/m0/s1. The first-order valence-corrected chi connectivity index (χ1v) is 12.4. The molecule has 8 nitrogen and oxygen atoms in total. The van der Waals surface area contributed by atoms with E-state index in [1.807, 2.05) is 56.3 Å². The third-order valence-corrected chi connectivity index (χ3v) is 7.57. The predicted molar refractivity (Wildman–Crippen MR) is 141 cm³/mol. The molecule has 0 bridgehead atoms. The van der Waals surface area contributed by atoms with Gasteiger partial charge in [0, 0.05) is 42.6 Å². The summed E-state index contributed by atoms with van der Waals surface area (Å²) in [7, 11) is 1.64. The Balaban J connectivity index is 1.48. The maximum Gasteiger partial charge on any atom is 0.302 e. The van der Waals surface area contributed by atoms with Crippen molar-refractivity contribution in [3.05, 3.63) is 83.5 Å². The monoisotopic (exact) mass is 495 g/mol. The Morgan fingerprint density at radius 2 is 2.00 bits per heavy atom. The summed E-state index contributed by atoms with van der Waals surface area (Å²) in [4.78, 5) is 51.9. The lowest BCUT2D eigenvalue weighted by Gasteiger charge is -2.32. The summed E-state index contributed by atoms with van der Waals surface area (Å²) in [5.74, 6) is -0.657. The van der Waals surface area contributed by atoms with E-state index in [0.717, 1.165) is 22.0 Å². The second kappa shape index (κ2) is 9.32. The molecule has 3 heterocycles. The summed E-state index contributed by atoms with van der Waals surface area (Å²) in [5.41, 5.74) is 1.05. The zero-order chi connectivity index (χ0) is 26.3. The summed E-state index contributed by atoms with van der Waals surface area (Å²) >= 11 is 0. The molecule has 37 heavy (non-hydrogen) atoms. The minimum absolute atomic E-state index is 0.108. The lowest BCUT2D eigenvalue weighted by atomic mass is 9.80. The van der Waals surface area contributed by atoms with Crippen LogP contribution in [0.5, 0.6) is 0 Å². The molecule has 1 fully saturated rings. The molecule has 3 aromatic rings. The number of hydrogen-bond acceptors (Lipinski definition) is 4. The molecule has 2 aliphatic heterocycles. The van der Waals surface area contributed by atoms with Gasteiger partial charge < -0.3 is 10.2 Å². The molecule has 3 amide bonds. The van der Waals surface area contributed by atoms with Gasteiger partial charge in [-0.2, -0.15) is 0 Å². The van der Waals surface area contributed by atoms with Crippen molar-refractivity contribution in [2.75, 3.05) is 18.9 Å². The quantitative estimate of drug-likeness (QED) is 0.540. The van der Waals surface area contributed by atoms with Gasteiger partial charge in [0.1, 0.15) is 11.5 Å². The van der Waals surface area contributed by atoms with Gasteiger partial charge in [-0.3, -0.25) is 29.1 Å². The highest BCUT2D eigenvalue weighted by Gasteiger charge is 2.59. The number of para-hydroxylation sites is 1. The van der Waals surface area contributed by atoms with Crippen molar-refractivity contribution in [1.82, 2.24) is 14.8 Å². The van der Waals surface area contributed by atoms with E-state index in [-0.39, 0.29) is 36.6 Å². The Bertz CT molecular complexity index is 1440. The maximum absolute atomic E-state index is 14.1. The molecule has 5 rings (SSSR count). The van der Waals surface area contributed by atoms with Crippen molar-refractivity contribution >= 4 is 34.2 Å². The molecule has 0 radical (unpaired) electrons. The Hall–Kier alpha value is -4.25. The van der Waals surface area contributed by atoms with Crippen LogP contribution in [0.25, 0.3) is 15.6 Å². The van der Waals surface area contributed by atoms with Crippen molar-refractivity contribution < 1.29 is 14.4 Å². The van der Waals surface area contributed by atoms with Crippen LogP contribution in [0.4, 0.5) is 5.69 Å². The second-order valence-electron chi connectivity index (χ2n) is 10.3. The average Bonchev–Trinajstić information content (AvgIpc) is 3.43. The Morgan fingerprint density at radius 1 is 1.22 bits per heavy atom. The number of rotatable bonds is 5. The van der Waals surface area contributed by atoms with Gasteiger partial charge in [-0.25, -0.2) is 6.57 Å². The third kappa shape index (κ3) is 4.01. The van der Waals surface area contributed by atoms with Gasteiger partial charge in [0.25, 0.3) is 11.8 Å². The molecule has 1 saturated heterocycles. The number of amides is 3. The molecule has 1 spiro atoms. The Labute approximate surface area is 216 Å². The van der Waals surface area contributed by atoms with Crippen LogP contribution < -0.4 is 5.32 Å². The van der Waals surface area contributed by atoms with Gasteiger partial charge >= 0.3 is 6.17 Å². The molecule has 0 saturated carbocycles. The summed E-state index contributed by atoms with van der Waals surface area (Å²) in [5, 5.41) is 4.53. The molecule has 2 aliphatic rings. The van der Waals surface area contributed by atoms with E-state index in [0.29, 0.717) is 12.0 Å². The molecule has 188 valence electrons. The fourth-order valence-corrected chi connectivity index (χ4v) is 5.65. The predicted octanol–water partition coefficient (Wildman–Crippen LogP) is 4.09. The summed E-state index contributed by atoms with van der Waals surface area (Å²) in [6, 6.07) is 14.0. The van der Waals surface area contributed by atoms with E-state index in [2.05, 4.69) is 15.1 Å². The van der Waals surface area contributed by atoms with Gasteiger partial charge in [0.05, 0.1) is 6.42 Å². The third-order valence-electron chi connectivity index (χ3n) is 7.57. The lowest BCUT2D eigenvalue weighted by Crippen LogP contribution is -2.51. The molecule has 1 aromatic heterocycles. The lowest BCUT2D eigenvalue weighted by molar-refractivity contribution is -0.136. The van der Waals surface area contributed by atoms with E-state index >= 15 is 0 Å². The van der Waals surface area contributed by atoms with Gasteiger partial charge in [0.15, 0.2) is 0 Å². The topological polar surface area (TPSA) is 87.0 Å². The normalized spacial score (nSPS) is 21.1. The fourth-order valence-electron chi connectivity index (χ4n) is 5.65. The smallest absolute Gasteiger partial charge is 0.302 e. The number of likely N-dealkylation sites (tertiary alicyclic amines) is 1. The largest absolute Gasteiger partial charge is 0.330 e. The number of pyridine rings is 1. The molecule has 1 N–H and O–H groups in total. The van der Waals surface area contributed by atoms with Gasteiger partial charge in [0.2, 0.25) is 5.91 Å². The van der Waals surface area contributed by atoms with E-state index < -0.39 is 17.6 Å². The van der Waals surface area contributed by atoms with Gasteiger partial charge in [-0.1, -0.05) is 44.2 Å². The molecule has 3 atom stereocenters. The van der Waals surface area contributed by atoms with Crippen molar-refractivity contribution in [2.24, 2.45) is 5.92 Å². The number of nitrogens with zero attached hydrogens (tertiary/aromatic N) is 4. The fraction of sp³-hybridized carbons (Fsp3) is 0.345. The molecular formula is C29H29N5O3. The van der Waals surface area contributed by atoms with E-state index in [1.165, 1.54) is 9.80 Å². The minimum Gasteiger partial charge on any atom is -0.330 e. The Morgan fingerprint density at radius 3 is 2.76 bits per heavy atom. The minimum atomic E-state index is -0.965. The van der Waals surface area contributed by atoms with E-state index in [9.17, 15) is 14.4 Å². The zero-order valence-electron chi connectivity index (χ0n) is 21.1. The highest BCUT2D eigenvalue weighted by Crippen LogP contribution is 2.47. The number of nitrogens with one attached hydrogen (secondary N) is 1. The highest BCUT2D eigenvalue weighted by molar-refractivity contribution is 6.09.